The first-order valence-electron chi connectivity index (χ1n) is 5.61. The van der Waals surface area contributed by atoms with Gasteiger partial charge in [0.2, 0.25) is 0 Å². The van der Waals surface area contributed by atoms with Gasteiger partial charge in [0.1, 0.15) is 11.6 Å². The summed E-state index contributed by atoms with van der Waals surface area (Å²) in [6.45, 7) is 3.93. The Hall–Kier alpha value is -1.90. The first kappa shape index (κ1) is 11.6. The van der Waals surface area contributed by atoms with E-state index in [1.54, 1.807) is 7.11 Å². The first-order valence-corrected chi connectivity index (χ1v) is 5.61. The van der Waals surface area contributed by atoms with Crippen LogP contribution in [0, 0.1) is 13.8 Å². The summed E-state index contributed by atoms with van der Waals surface area (Å²) in [5.74, 6) is 1.70. The summed E-state index contributed by atoms with van der Waals surface area (Å²) >= 11 is 0. The second-order valence-corrected chi connectivity index (χ2v) is 4.05. The Morgan fingerprint density at radius 1 is 1.12 bits per heavy atom. The van der Waals surface area contributed by atoms with E-state index in [4.69, 9.17) is 4.74 Å². The zero-order chi connectivity index (χ0) is 12.3. The highest BCUT2D eigenvalue weighted by atomic mass is 16.5. The van der Waals surface area contributed by atoms with Gasteiger partial charge < -0.3 is 4.74 Å². The van der Waals surface area contributed by atoms with Gasteiger partial charge in [-0.25, -0.2) is 9.97 Å². The summed E-state index contributed by atoms with van der Waals surface area (Å²) in [5, 5.41) is 0. The van der Waals surface area contributed by atoms with Crippen LogP contribution in [0.1, 0.15) is 22.6 Å². The third-order valence-corrected chi connectivity index (χ3v) is 2.76. The molecule has 1 aromatic heterocycles. The summed E-state index contributed by atoms with van der Waals surface area (Å²) in [6, 6.07) is 8.08. The van der Waals surface area contributed by atoms with Crippen LogP contribution in [0.5, 0.6) is 5.75 Å². The van der Waals surface area contributed by atoms with Gasteiger partial charge in [0.15, 0.2) is 0 Å². The molecule has 0 amide bonds. The Morgan fingerprint density at radius 2 is 1.82 bits per heavy atom. The maximum atomic E-state index is 5.13. The van der Waals surface area contributed by atoms with Crippen LogP contribution in [0.4, 0.5) is 0 Å². The molecule has 2 rings (SSSR count). The van der Waals surface area contributed by atoms with Crippen LogP contribution in [0.15, 0.2) is 30.5 Å². The molecule has 88 valence electrons. The van der Waals surface area contributed by atoms with Gasteiger partial charge in [-0.15, -0.1) is 0 Å². The maximum absolute atomic E-state index is 5.13. The van der Waals surface area contributed by atoms with Crippen molar-refractivity contribution in [1.82, 2.24) is 9.97 Å². The highest BCUT2D eigenvalue weighted by Gasteiger charge is 2.02. The van der Waals surface area contributed by atoms with E-state index in [2.05, 4.69) is 22.1 Å². The van der Waals surface area contributed by atoms with Gasteiger partial charge in [-0.1, -0.05) is 12.1 Å². The third-order valence-electron chi connectivity index (χ3n) is 2.76. The molecule has 0 aliphatic rings. The molecule has 0 spiro atoms. The first-order chi connectivity index (χ1) is 8.19. The Morgan fingerprint density at radius 3 is 2.41 bits per heavy atom. The van der Waals surface area contributed by atoms with Crippen molar-refractivity contribution < 1.29 is 4.74 Å². The summed E-state index contributed by atoms with van der Waals surface area (Å²) in [7, 11) is 1.67. The average molecular weight is 228 g/mol. The molecule has 0 unspecified atom stereocenters. The van der Waals surface area contributed by atoms with Crippen LogP contribution in [0.2, 0.25) is 0 Å². The van der Waals surface area contributed by atoms with Gasteiger partial charge >= 0.3 is 0 Å². The minimum Gasteiger partial charge on any atom is -0.497 e. The fraction of sp³-hybridized carbons (Fsp3) is 0.286. The van der Waals surface area contributed by atoms with Gasteiger partial charge in [0.05, 0.1) is 7.11 Å². The molecule has 3 heteroatoms. The Bertz CT molecular complexity index is 506. The number of nitrogens with zero attached hydrogens (tertiary/aromatic N) is 2. The molecule has 0 saturated heterocycles. The molecule has 0 saturated carbocycles. The second kappa shape index (κ2) is 4.95. The number of aryl methyl sites for hydroxylation is 2. The lowest BCUT2D eigenvalue weighted by molar-refractivity contribution is 0.414. The number of aromatic nitrogens is 2. The van der Waals surface area contributed by atoms with E-state index in [1.807, 2.05) is 32.2 Å². The Labute approximate surface area is 102 Å². The number of rotatable bonds is 3. The van der Waals surface area contributed by atoms with Gasteiger partial charge in [-0.05, 0) is 37.1 Å². The zero-order valence-electron chi connectivity index (χ0n) is 10.4. The fourth-order valence-electron chi connectivity index (χ4n) is 1.74. The van der Waals surface area contributed by atoms with E-state index in [0.29, 0.717) is 0 Å². The smallest absolute Gasteiger partial charge is 0.125 e. The van der Waals surface area contributed by atoms with Crippen molar-refractivity contribution in [2.24, 2.45) is 0 Å². The van der Waals surface area contributed by atoms with Crippen molar-refractivity contribution in [2.75, 3.05) is 7.11 Å². The SMILES string of the molecule is COc1ccc(Cc2cnc(C)nc2C)cc1. The van der Waals surface area contributed by atoms with E-state index in [9.17, 15) is 0 Å². The summed E-state index contributed by atoms with van der Waals surface area (Å²) in [5.41, 5.74) is 3.45. The molecule has 0 aliphatic heterocycles. The van der Waals surface area contributed by atoms with Crippen LogP contribution in [-0.2, 0) is 6.42 Å². The summed E-state index contributed by atoms with van der Waals surface area (Å²) < 4.78 is 5.13. The minimum absolute atomic E-state index is 0.820. The largest absolute Gasteiger partial charge is 0.497 e. The fourth-order valence-corrected chi connectivity index (χ4v) is 1.74. The lowest BCUT2D eigenvalue weighted by Gasteiger charge is -2.06. The lowest BCUT2D eigenvalue weighted by atomic mass is 10.1. The zero-order valence-corrected chi connectivity index (χ0v) is 10.4. The second-order valence-electron chi connectivity index (χ2n) is 4.05. The molecule has 0 aliphatic carbocycles. The number of ether oxygens (including phenoxy) is 1. The third kappa shape index (κ3) is 2.81. The van der Waals surface area contributed by atoms with Crippen LogP contribution in [-0.4, -0.2) is 17.1 Å². The molecule has 1 aromatic carbocycles. The van der Waals surface area contributed by atoms with E-state index in [0.717, 1.165) is 23.7 Å². The van der Waals surface area contributed by atoms with Crippen molar-refractivity contribution in [3.8, 4) is 5.75 Å². The molecule has 0 atom stereocenters. The quantitative estimate of drug-likeness (QED) is 0.810. The summed E-state index contributed by atoms with van der Waals surface area (Å²) in [4.78, 5) is 8.60. The molecular weight excluding hydrogens is 212 g/mol. The average Bonchev–Trinajstić information content (AvgIpc) is 2.34. The van der Waals surface area contributed by atoms with Crippen molar-refractivity contribution >= 4 is 0 Å². The molecule has 3 nitrogen and oxygen atoms in total. The molecule has 2 aromatic rings. The standard InChI is InChI=1S/C14H16N2O/c1-10-13(9-15-11(2)16-10)8-12-4-6-14(17-3)7-5-12/h4-7,9H,8H2,1-3H3. The Balaban J connectivity index is 2.19. The number of benzene rings is 1. The van der Waals surface area contributed by atoms with Crippen molar-refractivity contribution in [3.63, 3.8) is 0 Å². The van der Waals surface area contributed by atoms with Crippen LogP contribution < -0.4 is 4.74 Å². The predicted octanol–water partition coefficient (Wildman–Crippen LogP) is 2.69. The monoisotopic (exact) mass is 228 g/mol. The minimum atomic E-state index is 0.820. The van der Waals surface area contributed by atoms with Crippen molar-refractivity contribution in [3.05, 3.63) is 53.1 Å². The maximum Gasteiger partial charge on any atom is 0.125 e. The molecule has 0 N–H and O–H groups in total. The van der Waals surface area contributed by atoms with Gasteiger partial charge in [-0.3, -0.25) is 0 Å². The van der Waals surface area contributed by atoms with Gasteiger partial charge in [0, 0.05) is 18.3 Å². The van der Waals surface area contributed by atoms with Crippen LogP contribution in [0.25, 0.3) is 0 Å². The van der Waals surface area contributed by atoms with Crippen LogP contribution >= 0.6 is 0 Å². The van der Waals surface area contributed by atoms with E-state index < -0.39 is 0 Å². The number of hydrogen-bond acceptors (Lipinski definition) is 3. The number of hydrogen-bond donors (Lipinski definition) is 0. The number of methoxy groups -OCH3 is 1. The van der Waals surface area contributed by atoms with Crippen molar-refractivity contribution in [2.45, 2.75) is 20.3 Å². The normalized spacial score (nSPS) is 10.3. The molecule has 0 fully saturated rings. The molecule has 0 radical (unpaired) electrons. The topological polar surface area (TPSA) is 35.0 Å². The molecule has 17 heavy (non-hydrogen) atoms. The molecule has 1 heterocycles. The summed E-state index contributed by atoms with van der Waals surface area (Å²) in [6.07, 6.45) is 2.76. The van der Waals surface area contributed by atoms with Crippen molar-refractivity contribution in [1.29, 1.82) is 0 Å². The Kier molecular flexibility index (Phi) is 3.38. The molecular formula is C14H16N2O. The predicted molar refractivity (Wildman–Crippen MR) is 67.3 cm³/mol. The van der Waals surface area contributed by atoms with E-state index in [1.165, 1.54) is 11.1 Å². The highest BCUT2D eigenvalue weighted by molar-refractivity contribution is 5.31. The van der Waals surface area contributed by atoms with E-state index in [-0.39, 0.29) is 0 Å². The van der Waals surface area contributed by atoms with Gasteiger partial charge in [0.25, 0.3) is 0 Å². The molecule has 0 bridgehead atoms. The van der Waals surface area contributed by atoms with E-state index >= 15 is 0 Å². The highest BCUT2D eigenvalue weighted by Crippen LogP contribution is 2.15. The lowest BCUT2D eigenvalue weighted by Crippen LogP contribution is -1.98. The van der Waals surface area contributed by atoms with Gasteiger partial charge in [-0.2, -0.15) is 0 Å². The van der Waals surface area contributed by atoms with Crippen LogP contribution in [0.3, 0.4) is 0 Å².